The maximum absolute atomic E-state index is 14.3. The summed E-state index contributed by atoms with van der Waals surface area (Å²) in [6, 6.07) is 5.68. The number of nitro benzene ring substituents is 2. The summed E-state index contributed by atoms with van der Waals surface area (Å²) in [7, 11) is -14.3. The molecule has 2 aromatic rings. The Morgan fingerprint density at radius 3 is 1.37 bits per heavy atom. The zero-order chi connectivity index (χ0) is 26.8. The monoisotopic (exact) mass is 663 g/mol. The predicted molar refractivity (Wildman–Crippen MR) is 112 cm³/mol. The van der Waals surface area contributed by atoms with Crippen molar-refractivity contribution in [1.82, 2.24) is 1.92 Å². The molecule has 11 nitrogen and oxygen atoms in total. The summed E-state index contributed by atoms with van der Waals surface area (Å²) in [5.74, 6) is -6.90. The zero-order valence-corrected chi connectivity index (χ0v) is 20.0. The van der Waals surface area contributed by atoms with E-state index in [1.165, 1.54) is 0 Å². The molecule has 2 aromatic carbocycles. The number of nitrogens with zero attached hydrogens (tertiary/aromatic N) is 3. The number of benzene rings is 2. The molecule has 20 heteroatoms. The van der Waals surface area contributed by atoms with Crippen LogP contribution in [0.3, 0.4) is 0 Å². The average molecular weight is 663 g/mol. The van der Waals surface area contributed by atoms with Crippen molar-refractivity contribution in [2.24, 2.45) is 0 Å². The number of nitro groups is 2. The SMILES string of the molecule is O=[N+]([O-])c1cccc(I(c2cccc([N+](=O)[O-])c2)N2S(=O)(=O)C(F)(F)C(F)(F)C(F)(F)S2(=O)=O)c1. The normalized spacial score (nSPS) is 22.2. The number of alkyl halides is 6. The molecule has 0 amide bonds. The van der Waals surface area contributed by atoms with Crippen LogP contribution < -0.4 is 0 Å². The van der Waals surface area contributed by atoms with Crippen LogP contribution >= 0.6 is 20.1 Å². The quantitative estimate of drug-likeness (QED) is 0.154. The molecule has 1 aliphatic heterocycles. The predicted octanol–water partition coefficient (Wildman–Crippen LogP) is 3.76. The van der Waals surface area contributed by atoms with Crippen LogP contribution in [-0.4, -0.2) is 45.0 Å². The van der Waals surface area contributed by atoms with Gasteiger partial charge < -0.3 is 0 Å². The Labute approximate surface area is 198 Å². The van der Waals surface area contributed by atoms with Gasteiger partial charge in [0.1, 0.15) is 0 Å². The molecule has 0 spiro atoms. The van der Waals surface area contributed by atoms with E-state index < -0.39 is 86.9 Å². The van der Waals surface area contributed by atoms with Crippen molar-refractivity contribution in [3.63, 3.8) is 0 Å². The van der Waals surface area contributed by atoms with Gasteiger partial charge in [-0.05, 0) is 0 Å². The van der Waals surface area contributed by atoms with Gasteiger partial charge in [0.25, 0.3) is 0 Å². The van der Waals surface area contributed by atoms with E-state index in [1.807, 2.05) is 0 Å². The number of non-ortho nitro benzene ring substituents is 2. The standard InChI is InChI=1S/C15H8F6IN3O8S2/c16-13(17)14(18,19)34(30,31)25(35(32,33)15(13,20)21)22(9-3-1-5-11(7-9)23(26)27)10-4-2-6-12(8-10)24(28)29/h1-8H. The topological polar surface area (TPSA) is 158 Å². The molecule has 192 valence electrons. The van der Waals surface area contributed by atoms with Gasteiger partial charge in [0.2, 0.25) is 0 Å². The van der Waals surface area contributed by atoms with Gasteiger partial charge in [0.05, 0.1) is 0 Å². The van der Waals surface area contributed by atoms with Crippen LogP contribution in [-0.2, 0) is 20.0 Å². The van der Waals surface area contributed by atoms with Gasteiger partial charge in [-0.1, -0.05) is 0 Å². The summed E-state index contributed by atoms with van der Waals surface area (Å²) in [6.07, 6.45) is 0. The van der Waals surface area contributed by atoms with Crippen LogP contribution in [0.15, 0.2) is 48.5 Å². The van der Waals surface area contributed by atoms with E-state index in [2.05, 4.69) is 0 Å². The van der Waals surface area contributed by atoms with Gasteiger partial charge in [-0.25, -0.2) is 0 Å². The number of rotatable bonds is 5. The van der Waals surface area contributed by atoms with Crippen molar-refractivity contribution in [2.45, 2.75) is 16.4 Å². The van der Waals surface area contributed by atoms with Crippen molar-refractivity contribution in [3.8, 4) is 0 Å². The third-order valence-corrected chi connectivity index (χ3v) is 17.5. The molecular weight excluding hydrogens is 655 g/mol. The van der Waals surface area contributed by atoms with Gasteiger partial charge in [-0.3, -0.25) is 0 Å². The molecule has 0 bridgehead atoms. The van der Waals surface area contributed by atoms with E-state index in [0.29, 0.717) is 12.1 Å². The van der Waals surface area contributed by atoms with Crippen LogP contribution in [0.2, 0.25) is 0 Å². The second-order valence-corrected chi connectivity index (χ2v) is 16.7. The molecule has 1 heterocycles. The van der Waals surface area contributed by atoms with Gasteiger partial charge >= 0.3 is 199 Å². The number of hydrogen-bond acceptors (Lipinski definition) is 8. The Morgan fingerprint density at radius 1 is 0.714 bits per heavy atom. The Balaban J connectivity index is 2.48. The Hall–Kier alpha value is -2.59. The van der Waals surface area contributed by atoms with Gasteiger partial charge in [-0.15, -0.1) is 0 Å². The third-order valence-electron chi connectivity index (χ3n) is 4.35. The fourth-order valence-corrected chi connectivity index (χ4v) is 16.6. The maximum atomic E-state index is 14.3. The molecular formula is C15H8F6IN3O8S2. The minimum atomic E-state index is -7.14. The number of halogens is 7. The summed E-state index contributed by atoms with van der Waals surface area (Å²) >= 11 is -5.14. The van der Waals surface area contributed by atoms with E-state index in [0.717, 1.165) is 36.4 Å². The molecule has 0 saturated carbocycles. The first-order valence-corrected chi connectivity index (χ1v) is 14.4. The fraction of sp³-hybridized carbons (Fsp3) is 0.200. The van der Waals surface area contributed by atoms with Crippen molar-refractivity contribution < 1.29 is 53.0 Å². The number of sulfonamides is 2. The summed E-state index contributed by atoms with van der Waals surface area (Å²) < 4.78 is 132. The molecule has 1 saturated heterocycles. The van der Waals surface area contributed by atoms with Gasteiger partial charge in [0.15, 0.2) is 0 Å². The van der Waals surface area contributed by atoms with E-state index in [9.17, 15) is 63.4 Å². The molecule has 0 N–H and O–H groups in total. The summed E-state index contributed by atoms with van der Waals surface area (Å²) in [6.45, 7) is 0. The van der Waals surface area contributed by atoms with Crippen LogP contribution in [0.4, 0.5) is 37.7 Å². The van der Waals surface area contributed by atoms with Crippen LogP contribution in [0.5, 0.6) is 0 Å². The molecule has 0 atom stereocenters. The van der Waals surface area contributed by atoms with E-state index >= 15 is 0 Å². The zero-order valence-electron chi connectivity index (χ0n) is 16.2. The summed E-state index contributed by atoms with van der Waals surface area (Å²) in [5.41, 5.74) is -1.74. The molecule has 3 rings (SSSR count). The Kier molecular flexibility index (Phi) is 6.35. The molecule has 0 aromatic heterocycles. The summed E-state index contributed by atoms with van der Waals surface area (Å²) in [5, 5.41) is 8.95. The molecule has 1 fully saturated rings. The fourth-order valence-electron chi connectivity index (χ4n) is 2.67. The molecule has 0 aliphatic carbocycles. The van der Waals surface area contributed by atoms with Crippen molar-refractivity contribution in [1.29, 1.82) is 0 Å². The molecule has 0 radical (unpaired) electrons. The Bertz CT molecular complexity index is 1350. The van der Waals surface area contributed by atoms with E-state index in [1.54, 1.807) is 0 Å². The molecule has 0 unspecified atom stereocenters. The first-order valence-electron chi connectivity index (χ1n) is 8.44. The van der Waals surface area contributed by atoms with Crippen LogP contribution in [0, 0.1) is 27.4 Å². The second kappa shape index (κ2) is 8.23. The molecule has 1 aliphatic rings. The van der Waals surface area contributed by atoms with Crippen molar-refractivity contribution in [3.05, 3.63) is 75.9 Å². The van der Waals surface area contributed by atoms with E-state index in [-0.39, 0.29) is 0 Å². The van der Waals surface area contributed by atoms with Crippen LogP contribution in [0.1, 0.15) is 0 Å². The minimum absolute atomic E-state index is 0.470. The third kappa shape index (κ3) is 3.72. The Morgan fingerprint density at radius 2 is 1.06 bits per heavy atom. The van der Waals surface area contributed by atoms with Gasteiger partial charge in [-0.2, -0.15) is 0 Å². The first kappa shape index (κ1) is 27.0. The first-order chi connectivity index (χ1) is 15.8. The average Bonchev–Trinajstić information content (AvgIpc) is 2.75. The second-order valence-electron chi connectivity index (χ2n) is 6.51. The van der Waals surface area contributed by atoms with Crippen molar-refractivity contribution >= 4 is 51.5 Å². The van der Waals surface area contributed by atoms with Crippen molar-refractivity contribution in [2.75, 3.05) is 0 Å². The van der Waals surface area contributed by atoms with E-state index in [4.69, 9.17) is 0 Å². The molecule has 35 heavy (non-hydrogen) atoms. The van der Waals surface area contributed by atoms with Crippen LogP contribution in [0.25, 0.3) is 0 Å². The van der Waals surface area contributed by atoms with Gasteiger partial charge in [0, 0.05) is 0 Å². The number of hydrogen-bond donors (Lipinski definition) is 0. The summed E-state index contributed by atoms with van der Waals surface area (Å²) in [4.78, 5) is 20.1.